The number of aryl methyl sites for hydroxylation is 1. The monoisotopic (exact) mass is 419 g/mol. The van der Waals surface area contributed by atoms with Crippen LogP contribution in [0.4, 0.5) is 5.82 Å². The molecule has 5 heterocycles. The van der Waals surface area contributed by atoms with Crippen molar-refractivity contribution in [1.82, 2.24) is 29.6 Å². The fourth-order valence-corrected chi connectivity index (χ4v) is 3.93. The fraction of sp³-hybridized carbons (Fsp3) is 0.318. The molecule has 1 fully saturated rings. The summed E-state index contributed by atoms with van der Waals surface area (Å²) in [5, 5.41) is 8.12. The Balaban J connectivity index is 0.00000245. The lowest BCUT2D eigenvalue weighted by Crippen LogP contribution is -2.37. The molecule has 4 aromatic heterocycles. The van der Waals surface area contributed by atoms with Crippen molar-refractivity contribution in [2.45, 2.75) is 19.4 Å². The SMILES string of the molecule is Cn1cc(-c2cnc3cnc(NC(=O)C4CCN(Cc5ncco5)CC4)cc3c2)cn1.[HH]. The number of pyridine rings is 2. The number of amides is 1. The van der Waals surface area contributed by atoms with Crippen LogP contribution in [-0.2, 0) is 18.4 Å². The molecule has 0 bridgehead atoms. The van der Waals surface area contributed by atoms with Crippen LogP contribution in [-0.4, -0.2) is 48.6 Å². The minimum Gasteiger partial charge on any atom is -0.448 e. The van der Waals surface area contributed by atoms with Gasteiger partial charge in [0.2, 0.25) is 11.8 Å². The lowest BCUT2D eigenvalue weighted by Gasteiger charge is -2.30. The highest BCUT2D eigenvalue weighted by Gasteiger charge is 2.26. The Labute approximate surface area is 180 Å². The first-order valence-corrected chi connectivity index (χ1v) is 10.3. The predicted molar refractivity (Wildman–Crippen MR) is 117 cm³/mol. The van der Waals surface area contributed by atoms with Crippen LogP contribution in [0.1, 0.15) is 20.2 Å². The number of likely N-dealkylation sites (tertiary alicyclic amines) is 1. The normalized spacial score (nSPS) is 15.4. The number of oxazole rings is 1. The second kappa shape index (κ2) is 8.27. The molecule has 9 heteroatoms. The van der Waals surface area contributed by atoms with E-state index >= 15 is 0 Å². The van der Waals surface area contributed by atoms with Gasteiger partial charge in [-0.15, -0.1) is 0 Å². The molecule has 31 heavy (non-hydrogen) atoms. The molecule has 0 saturated carbocycles. The second-order valence-electron chi connectivity index (χ2n) is 7.85. The van der Waals surface area contributed by atoms with Crippen LogP contribution >= 0.6 is 0 Å². The number of piperidine rings is 1. The van der Waals surface area contributed by atoms with Gasteiger partial charge in [0.15, 0.2) is 0 Å². The number of anilines is 1. The molecule has 1 aliphatic rings. The third-order valence-corrected chi connectivity index (χ3v) is 5.66. The van der Waals surface area contributed by atoms with Gasteiger partial charge >= 0.3 is 0 Å². The molecule has 0 aliphatic carbocycles. The number of carbonyl (C=O) groups excluding carboxylic acids is 1. The molecule has 0 spiro atoms. The van der Waals surface area contributed by atoms with Crippen molar-refractivity contribution in [3.63, 3.8) is 0 Å². The van der Waals surface area contributed by atoms with E-state index in [4.69, 9.17) is 4.42 Å². The number of carbonyl (C=O) groups is 1. The Morgan fingerprint density at radius 2 is 2.03 bits per heavy atom. The number of hydrogen-bond acceptors (Lipinski definition) is 7. The molecule has 9 nitrogen and oxygen atoms in total. The highest BCUT2D eigenvalue weighted by Crippen LogP contribution is 2.24. The molecule has 0 aromatic carbocycles. The third kappa shape index (κ3) is 4.31. The quantitative estimate of drug-likeness (QED) is 0.530. The zero-order chi connectivity index (χ0) is 21.2. The molecule has 0 unspecified atom stereocenters. The second-order valence-corrected chi connectivity index (χ2v) is 7.85. The first kappa shape index (κ1) is 19.4. The average Bonchev–Trinajstić information content (AvgIpc) is 3.45. The lowest BCUT2D eigenvalue weighted by molar-refractivity contribution is -0.121. The Kier molecular flexibility index (Phi) is 5.17. The Bertz CT molecular complexity index is 1200. The summed E-state index contributed by atoms with van der Waals surface area (Å²) in [5.41, 5.74) is 2.75. The maximum Gasteiger partial charge on any atom is 0.228 e. The highest BCUT2D eigenvalue weighted by atomic mass is 16.3. The number of nitrogens with one attached hydrogen (secondary N) is 1. The van der Waals surface area contributed by atoms with Crippen LogP contribution in [0.25, 0.3) is 22.0 Å². The van der Waals surface area contributed by atoms with Crippen molar-refractivity contribution >= 4 is 22.6 Å². The zero-order valence-corrected chi connectivity index (χ0v) is 17.2. The maximum absolute atomic E-state index is 12.8. The average molecular weight is 419 g/mol. The number of fused-ring (bicyclic) bond motifs is 1. The van der Waals surface area contributed by atoms with Gasteiger partial charge in [0.25, 0.3) is 0 Å². The summed E-state index contributed by atoms with van der Waals surface area (Å²) < 4.78 is 7.07. The highest BCUT2D eigenvalue weighted by molar-refractivity contribution is 5.94. The van der Waals surface area contributed by atoms with Crippen molar-refractivity contribution < 1.29 is 10.6 Å². The van der Waals surface area contributed by atoms with E-state index in [-0.39, 0.29) is 13.3 Å². The van der Waals surface area contributed by atoms with E-state index in [1.165, 1.54) is 0 Å². The number of aromatic nitrogens is 5. The van der Waals surface area contributed by atoms with E-state index in [1.807, 2.05) is 31.6 Å². The number of hydrogen-bond donors (Lipinski definition) is 1. The lowest BCUT2D eigenvalue weighted by atomic mass is 9.96. The molecular weight excluding hydrogens is 394 g/mol. The summed E-state index contributed by atoms with van der Waals surface area (Å²) in [5.74, 6) is 1.24. The number of nitrogens with zero attached hydrogens (tertiary/aromatic N) is 6. The summed E-state index contributed by atoms with van der Waals surface area (Å²) in [6, 6.07) is 3.91. The molecule has 0 radical (unpaired) electrons. The van der Waals surface area contributed by atoms with Gasteiger partial charge in [-0.2, -0.15) is 5.10 Å². The molecule has 0 atom stereocenters. The van der Waals surface area contributed by atoms with Crippen molar-refractivity contribution in [1.29, 1.82) is 0 Å². The van der Waals surface area contributed by atoms with Gasteiger partial charge in [-0.25, -0.2) is 9.97 Å². The van der Waals surface area contributed by atoms with Gasteiger partial charge in [-0.3, -0.25) is 19.4 Å². The third-order valence-electron chi connectivity index (χ3n) is 5.66. The largest absolute Gasteiger partial charge is 0.448 e. The first-order chi connectivity index (χ1) is 15.1. The summed E-state index contributed by atoms with van der Waals surface area (Å²) in [6.07, 6.45) is 12.1. The molecule has 1 N–H and O–H groups in total. The van der Waals surface area contributed by atoms with Crippen LogP contribution in [0.3, 0.4) is 0 Å². The van der Waals surface area contributed by atoms with E-state index in [0.29, 0.717) is 18.3 Å². The van der Waals surface area contributed by atoms with Crippen LogP contribution in [0.5, 0.6) is 0 Å². The van der Waals surface area contributed by atoms with Gasteiger partial charge in [-0.05, 0) is 38.1 Å². The van der Waals surface area contributed by atoms with Gasteiger partial charge < -0.3 is 9.73 Å². The fourth-order valence-electron chi connectivity index (χ4n) is 3.93. The van der Waals surface area contributed by atoms with E-state index in [1.54, 1.807) is 29.5 Å². The summed E-state index contributed by atoms with van der Waals surface area (Å²) >= 11 is 0. The molecule has 1 aliphatic heterocycles. The van der Waals surface area contributed by atoms with Crippen molar-refractivity contribution in [2.24, 2.45) is 13.0 Å². The minimum absolute atomic E-state index is 0. The van der Waals surface area contributed by atoms with Crippen molar-refractivity contribution in [3.8, 4) is 11.1 Å². The summed E-state index contributed by atoms with van der Waals surface area (Å²) in [6.45, 7) is 2.36. The van der Waals surface area contributed by atoms with Gasteiger partial charge in [0, 0.05) is 43.3 Å². The summed E-state index contributed by atoms with van der Waals surface area (Å²) in [4.78, 5) is 28.1. The van der Waals surface area contributed by atoms with E-state index in [2.05, 4.69) is 30.3 Å². The van der Waals surface area contributed by atoms with Gasteiger partial charge in [0.05, 0.1) is 30.7 Å². The smallest absolute Gasteiger partial charge is 0.228 e. The van der Waals surface area contributed by atoms with Gasteiger partial charge in [-0.1, -0.05) is 0 Å². The first-order valence-electron chi connectivity index (χ1n) is 10.3. The van der Waals surface area contributed by atoms with E-state index in [0.717, 1.165) is 48.0 Å². The van der Waals surface area contributed by atoms with Crippen LogP contribution in [0, 0.1) is 5.92 Å². The van der Waals surface area contributed by atoms with Crippen LogP contribution in [0.2, 0.25) is 0 Å². The molecular formula is C22H25N7O2. The summed E-state index contributed by atoms with van der Waals surface area (Å²) in [7, 11) is 1.88. The Morgan fingerprint density at radius 1 is 1.16 bits per heavy atom. The molecule has 1 amide bonds. The van der Waals surface area contributed by atoms with Crippen molar-refractivity contribution in [3.05, 3.63) is 55.3 Å². The van der Waals surface area contributed by atoms with E-state index in [9.17, 15) is 4.79 Å². The Morgan fingerprint density at radius 3 is 2.77 bits per heavy atom. The molecule has 4 aromatic rings. The molecule has 5 rings (SSSR count). The maximum atomic E-state index is 12.8. The van der Waals surface area contributed by atoms with Crippen LogP contribution < -0.4 is 5.32 Å². The molecule has 160 valence electrons. The van der Waals surface area contributed by atoms with E-state index < -0.39 is 0 Å². The van der Waals surface area contributed by atoms with Crippen molar-refractivity contribution in [2.75, 3.05) is 18.4 Å². The molecule has 1 saturated heterocycles. The number of rotatable bonds is 5. The topological polar surface area (TPSA) is 102 Å². The standard InChI is InChI=1S/C22H23N7O2.H2/c1-28-13-18(11-26-28)17-8-16-9-20(25-12-19(16)24-10-17)27-22(30)15-2-5-29(6-3-15)14-21-23-4-7-31-21;/h4,7-13,15H,2-3,5-6,14H2,1H3,(H,25,27,30);1H. The minimum atomic E-state index is -0.0295. The Hall–Kier alpha value is -3.59. The predicted octanol–water partition coefficient (Wildman–Crippen LogP) is 3.12. The van der Waals surface area contributed by atoms with Crippen LogP contribution in [0.15, 0.2) is 53.8 Å². The van der Waals surface area contributed by atoms with Gasteiger partial charge in [0.1, 0.15) is 12.1 Å². The zero-order valence-electron chi connectivity index (χ0n) is 17.2.